The van der Waals surface area contributed by atoms with E-state index in [4.69, 9.17) is 4.74 Å². The Morgan fingerprint density at radius 2 is 1.71 bits per heavy atom. The van der Waals surface area contributed by atoms with Gasteiger partial charge >= 0.3 is 6.18 Å². The lowest BCUT2D eigenvalue weighted by Crippen LogP contribution is -2.24. The number of ether oxygens (including phenoxy) is 1. The first-order valence-corrected chi connectivity index (χ1v) is 6.88. The summed E-state index contributed by atoms with van der Waals surface area (Å²) in [6.45, 7) is 0. The Balaban J connectivity index is 2.19. The molecule has 1 nitrogen and oxygen atoms in total. The second-order valence-corrected chi connectivity index (χ2v) is 6.29. The van der Waals surface area contributed by atoms with E-state index >= 15 is 0 Å². The van der Waals surface area contributed by atoms with Gasteiger partial charge in [0.05, 0.1) is 27.4 Å². The summed E-state index contributed by atoms with van der Waals surface area (Å²) >= 11 is 6.84. The minimum Gasteiger partial charge on any atom is -0.363 e. The highest BCUT2D eigenvalue weighted by atomic mass is 79.9. The van der Waals surface area contributed by atoms with Crippen molar-refractivity contribution < 1.29 is 17.9 Å². The molecule has 2 bridgehead atoms. The van der Waals surface area contributed by atoms with Crippen molar-refractivity contribution in [3.63, 3.8) is 0 Å². The lowest BCUT2D eigenvalue weighted by Gasteiger charge is -2.24. The quantitative estimate of drug-likeness (QED) is 0.616. The van der Waals surface area contributed by atoms with Gasteiger partial charge in [0, 0.05) is 0 Å². The molecule has 1 aromatic rings. The first kappa shape index (κ1) is 12.0. The summed E-state index contributed by atoms with van der Waals surface area (Å²) in [4.78, 5) is -0.105. The average Bonchev–Trinajstić information content (AvgIpc) is 2.76. The Hall–Kier alpha value is -0.0700. The molecule has 0 amide bonds. The fraction of sp³-hybridized carbons (Fsp3) is 0.455. The molecule has 1 aromatic carbocycles. The van der Waals surface area contributed by atoms with Crippen LogP contribution in [0, 0.1) is 0 Å². The van der Waals surface area contributed by atoms with E-state index in [0.717, 1.165) is 6.07 Å². The molecule has 0 saturated carbocycles. The van der Waals surface area contributed by atoms with Crippen LogP contribution in [0.1, 0.15) is 28.9 Å². The van der Waals surface area contributed by atoms with Gasteiger partial charge in [-0.2, -0.15) is 13.2 Å². The summed E-state index contributed by atoms with van der Waals surface area (Å²) in [5.74, 6) is 0. The van der Waals surface area contributed by atoms with Crippen LogP contribution in [-0.2, 0) is 10.9 Å². The second kappa shape index (κ2) is 3.71. The molecule has 17 heavy (non-hydrogen) atoms. The SMILES string of the molecule is FC(F)(F)c1cccc2c1[C@H]1O[C@@H]2[C@H](Br)[C@@H]1Br. The van der Waals surface area contributed by atoms with Crippen LogP contribution < -0.4 is 0 Å². The van der Waals surface area contributed by atoms with Gasteiger partial charge in [-0.15, -0.1) is 0 Å². The van der Waals surface area contributed by atoms with Gasteiger partial charge in [0.25, 0.3) is 0 Å². The summed E-state index contributed by atoms with van der Waals surface area (Å²) in [6, 6.07) is 4.27. The van der Waals surface area contributed by atoms with E-state index in [9.17, 15) is 13.2 Å². The van der Waals surface area contributed by atoms with Crippen LogP contribution in [0.4, 0.5) is 13.2 Å². The molecule has 1 fully saturated rings. The molecule has 2 heterocycles. The molecule has 1 saturated heterocycles. The summed E-state index contributed by atoms with van der Waals surface area (Å²) in [5.41, 5.74) is 0.372. The minimum atomic E-state index is -4.33. The van der Waals surface area contributed by atoms with Crippen LogP contribution in [0.15, 0.2) is 18.2 Å². The highest BCUT2D eigenvalue weighted by Gasteiger charge is 2.53. The van der Waals surface area contributed by atoms with Gasteiger partial charge in [0.15, 0.2) is 0 Å². The molecule has 0 aliphatic carbocycles. The van der Waals surface area contributed by atoms with Crippen LogP contribution in [0.3, 0.4) is 0 Å². The Morgan fingerprint density at radius 1 is 1.06 bits per heavy atom. The maximum Gasteiger partial charge on any atom is 0.416 e. The van der Waals surface area contributed by atoms with E-state index in [-0.39, 0.29) is 15.8 Å². The van der Waals surface area contributed by atoms with Crippen LogP contribution in [0.2, 0.25) is 0 Å². The third-order valence-corrected chi connectivity index (χ3v) is 6.02. The van der Waals surface area contributed by atoms with E-state index in [1.807, 2.05) is 0 Å². The summed E-state index contributed by atoms with van der Waals surface area (Å²) in [7, 11) is 0. The lowest BCUT2D eigenvalue weighted by molar-refractivity contribution is -0.138. The van der Waals surface area contributed by atoms with E-state index in [1.54, 1.807) is 6.07 Å². The highest BCUT2D eigenvalue weighted by molar-refractivity contribution is 9.12. The van der Waals surface area contributed by atoms with Crippen molar-refractivity contribution in [2.75, 3.05) is 0 Å². The Labute approximate surface area is 113 Å². The summed E-state index contributed by atoms with van der Waals surface area (Å²) < 4.78 is 44.3. The molecule has 6 heteroatoms. The fourth-order valence-electron chi connectivity index (χ4n) is 2.51. The van der Waals surface area contributed by atoms with Crippen molar-refractivity contribution >= 4 is 31.9 Å². The molecule has 92 valence electrons. The largest absolute Gasteiger partial charge is 0.416 e. The third-order valence-electron chi connectivity index (χ3n) is 3.21. The van der Waals surface area contributed by atoms with Crippen molar-refractivity contribution in [3.05, 3.63) is 34.9 Å². The summed E-state index contributed by atoms with van der Waals surface area (Å²) in [5, 5.41) is 0. The lowest BCUT2D eigenvalue weighted by atomic mass is 9.88. The van der Waals surface area contributed by atoms with Gasteiger partial charge in [0.1, 0.15) is 0 Å². The fourth-order valence-corrected chi connectivity index (χ4v) is 3.86. The molecule has 0 aromatic heterocycles. The molecule has 0 unspecified atom stereocenters. The molecular weight excluding hydrogens is 365 g/mol. The Bertz CT molecular complexity index is 474. The number of benzene rings is 1. The van der Waals surface area contributed by atoms with Crippen LogP contribution in [0.25, 0.3) is 0 Å². The molecule has 4 atom stereocenters. The maximum absolute atomic E-state index is 12.9. The number of hydrogen-bond donors (Lipinski definition) is 0. The molecule has 0 spiro atoms. The number of fused-ring (bicyclic) bond motifs is 5. The van der Waals surface area contributed by atoms with Gasteiger partial charge in [-0.25, -0.2) is 0 Å². The first-order valence-electron chi connectivity index (χ1n) is 5.05. The first-order chi connectivity index (χ1) is 7.91. The number of hydrogen-bond acceptors (Lipinski definition) is 1. The zero-order valence-electron chi connectivity index (χ0n) is 8.34. The second-order valence-electron chi connectivity index (χ2n) is 4.17. The topological polar surface area (TPSA) is 9.23 Å². The van der Waals surface area contributed by atoms with Gasteiger partial charge in [-0.3, -0.25) is 0 Å². The van der Waals surface area contributed by atoms with Gasteiger partial charge in [-0.1, -0.05) is 44.0 Å². The van der Waals surface area contributed by atoms with Crippen LogP contribution in [0.5, 0.6) is 0 Å². The number of halogens is 5. The normalized spacial score (nSPS) is 35.1. The maximum atomic E-state index is 12.9. The predicted octanol–water partition coefficient (Wildman–Crippen LogP) is 4.36. The Morgan fingerprint density at radius 3 is 2.35 bits per heavy atom. The van der Waals surface area contributed by atoms with Crippen molar-refractivity contribution in [3.8, 4) is 0 Å². The zero-order valence-corrected chi connectivity index (χ0v) is 11.5. The van der Waals surface area contributed by atoms with Crippen molar-refractivity contribution in [1.29, 1.82) is 0 Å². The smallest absolute Gasteiger partial charge is 0.363 e. The van der Waals surface area contributed by atoms with Crippen LogP contribution >= 0.6 is 31.9 Å². The van der Waals surface area contributed by atoms with Crippen LogP contribution in [-0.4, -0.2) is 9.65 Å². The van der Waals surface area contributed by atoms with E-state index in [2.05, 4.69) is 31.9 Å². The summed E-state index contributed by atoms with van der Waals surface area (Å²) in [6.07, 6.45) is -5.13. The van der Waals surface area contributed by atoms with E-state index in [0.29, 0.717) is 11.1 Å². The predicted molar refractivity (Wildman–Crippen MR) is 63.4 cm³/mol. The number of alkyl halides is 5. The van der Waals surface area contributed by atoms with Gasteiger partial charge in [-0.05, 0) is 17.2 Å². The van der Waals surface area contributed by atoms with Crippen molar-refractivity contribution in [2.24, 2.45) is 0 Å². The average molecular weight is 372 g/mol. The molecule has 3 rings (SSSR count). The zero-order chi connectivity index (χ0) is 12.4. The van der Waals surface area contributed by atoms with Gasteiger partial charge in [0.2, 0.25) is 0 Å². The van der Waals surface area contributed by atoms with Crippen molar-refractivity contribution in [2.45, 2.75) is 28.0 Å². The van der Waals surface area contributed by atoms with E-state index in [1.165, 1.54) is 6.07 Å². The highest BCUT2D eigenvalue weighted by Crippen LogP contribution is 2.58. The monoisotopic (exact) mass is 370 g/mol. The molecule has 0 radical (unpaired) electrons. The third kappa shape index (κ3) is 1.60. The Kier molecular flexibility index (Phi) is 2.62. The molecule has 0 N–H and O–H groups in total. The molecule has 2 aliphatic heterocycles. The number of rotatable bonds is 0. The van der Waals surface area contributed by atoms with E-state index < -0.39 is 17.8 Å². The van der Waals surface area contributed by atoms with Crippen molar-refractivity contribution in [1.82, 2.24) is 0 Å². The molecular formula is C11H7Br2F3O. The minimum absolute atomic E-state index is 0.0171. The standard InChI is InChI=1S/C11H7Br2F3O/c12-7-8(13)10-6-4(9(7)17-10)2-1-3-5(6)11(14,15)16/h1-3,7-10H/t7-,8+,9+,10-/m1/s1. The molecule has 2 aliphatic rings. The van der Waals surface area contributed by atoms with Gasteiger partial charge < -0.3 is 4.74 Å².